The zero-order valence-electron chi connectivity index (χ0n) is 29.3. The zero-order valence-corrected chi connectivity index (χ0v) is 34.1. The normalized spacial score (nSPS) is 11.8. The second-order valence-electron chi connectivity index (χ2n) is 12.5. The van der Waals surface area contributed by atoms with Crippen LogP contribution in [0.25, 0.3) is 32.2 Å². The van der Waals surface area contributed by atoms with Crippen LogP contribution >= 0.6 is 54.5 Å². The molecule has 0 bridgehead atoms. The van der Waals surface area contributed by atoms with Crippen molar-refractivity contribution in [3.63, 3.8) is 0 Å². The van der Waals surface area contributed by atoms with Crippen molar-refractivity contribution < 1.29 is 0 Å². The van der Waals surface area contributed by atoms with Gasteiger partial charge < -0.3 is 0 Å². The molecule has 0 aliphatic rings. The van der Waals surface area contributed by atoms with Gasteiger partial charge in [0.15, 0.2) is 15.2 Å². The molecule has 256 valence electrons. The van der Waals surface area contributed by atoms with Gasteiger partial charge in [0.05, 0.1) is 37.8 Å². The summed E-state index contributed by atoms with van der Waals surface area (Å²) >= 11 is 10.3. The van der Waals surface area contributed by atoms with Crippen molar-refractivity contribution in [2.24, 2.45) is 0 Å². The summed E-state index contributed by atoms with van der Waals surface area (Å²) in [6.45, 7) is 17.3. The Morgan fingerprint density at radius 3 is 1.58 bits per heavy atom. The van der Waals surface area contributed by atoms with Gasteiger partial charge in [0.25, 0.3) is 0 Å². The third-order valence-corrected chi connectivity index (χ3v) is 11.8. The van der Waals surface area contributed by atoms with Crippen molar-refractivity contribution in [1.82, 2.24) is 39.2 Å². The summed E-state index contributed by atoms with van der Waals surface area (Å²) in [7, 11) is 0. The van der Waals surface area contributed by atoms with E-state index in [0.29, 0.717) is 11.8 Å². The van der Waals surface area contributed by atoms with E-state index in [2.05, 4.69) is 118 Å². The van der Waals surface area contributed by atoms with Crippen molar-refractivity contribution in [3.05, 3.63) is 66.5 Å². The van der Waals surface area contributed by atoms with Crippen molar-refractivity contribution in [3.8, 4) is 20.9 Å². The Balaban J connectivity index is 0.000000188. The third-order valence-electron chi connectivity index (χ3n) is 8.69. The van der Waals surface area contributed by atoms with E-state index in [1.54, 1.807) is 22.7 Å². The lowest BCUT2D eigenvalue weighted by atomic mass is 9.94. The maximum atomic E-state index is 4.86. The predicted octanol–water partition coefficient (Wildman–Crippen LogP) is 11.8. The molecular formula is C36H46Br2N8S2. The number of nitrogens with zero attached hydrogens (tertiary/aromatic N) is 8. The second-order valence-corrected chi connectivity index (χ2v) is 16.4. The highest BCUT2D eigenvalue weighted by Crippen LogP contribution is 2.41. The topological polar surface area (TPSA) is 86.2 Å². The molecule has 0 radical (unpaired) electrons. The Labute approximate surface area is 309 Å². The number of fused-ring (bicyclic) bond motifs is 2. The van der Waals surface area contributed by atoms with Gasteiger partial charge in [0.1, 0.15) is 4.60 Å². The summed E-state index contributed by atoms with van der Waals surface area (Å²) in [5.41, 5.74) is 12.7. The molecule has 0 atom stereocenters. The number of hydrogen-bond donors (Lipinski definition) is 0. The van der Waals surface area contributed by atoms with E-state index in [1.165, 1.54) is 62.8 Å². The second kappa shape index (κ2) is 16.4. The minimum atomic E-state index is 0.517. The number of aryl methyl sites for hydroxylation is 4. The Hall–Kier alpha value is -2.54. The molecule has 0 spiro atoms. The minimum absolute atomic E-state index is 0.517. The van der Waals surface area contributed by atoms with Crippen LogP contribution in [0.4, 0.5) is 0 Å². The molecule has 6 aromatic heterocycles. The molecule has 0 unspecified atom stereocenters. The van der Waals surface area contributed by atoms with Gasteiger partial charge >= 0.3 is 0 Å². The lowest BCUT2D eigenvalue weighted by Gasteiger charge is -2.17. The molecule has 0 N–H and O–H groups in total. The van der Waals surface area contributed by atoms with Crippen LogP contribution in [-0.4, -0.2) is 39.2 Å². The van der Waals surface area contributed by atoms with Gasteiger partial charge in [-0.25, -0.2) is 24.0 Å². The van der Waals surface area contributed by atoms with E-state index in [4.69, 9.17) is 20.2 Å². The van der Waals surface area contributed by atoms with E-state index >= 15 is 0 Å². The smallest absolute Gasteiger partial charge is 0.164 e. The molecule has 48 heavy (non-hydrogen) atoms. The molecule has 6 rings (SSSR count). The highest BCUT2D eigenvalue weighted by Gasteiger charge is 2.24. The first-order chi connectivity index (χ1) is 23.1. The van der Waals surface area contributed by atoms with Crippen LogP contribution in [0.3, 0.4) is 0 Å². The molecular weight excluding hydrogens is 768 g/mol. The van der Waals surface area contributed by atoms with E-state index in [-0.39, 0.29) is 0 Å². The first-order valence-electron chi connectivity index (χ1n) is 17.1. The monoisotopic (exact) mass is 812 g/mol. The quantitative estimate of drug-likeness (QED) is 0.122. The van der Waals surface area contributed by atoms with Crippen LogP contribution in [-0.2, 0) is 0 Å². The molecule has 6 heterocycles. The molecule has 0 fully saturated rings. The summed E-state index contributed by atoms with van der Waals surface area (Å²) in [6.07, 6.45) is 11.4. The Morgan fingerprint density at radius 1 is 0.688 bits per heavy atom. The first kappa shape index (κ1) is 36.7. The maximum Gasteiger partial charge on any atom is 0.164 e. The number of thiazole rings is 2. The number of rotatable bonds is 12. The van der Waals surface area contributed by atoms with Crippen molar-refractivity contribution >= 4 is 65.8 Å². The van der Waals surface area contributed by atoms with E-state index in [1.807, 2.05) is 11.7 Å². The van der Waals surface area contributed by atoms with Crippen LogP contribution < -0.4 is 0 Å². The van der Waals surface area contributed by atoms with Crippen LogP contribution in [0.1, 0.15) is 125 Å². The van der Waals surface area contributed by atoms with Crippen molar-refractivity contribution in [2.45, 2.75) is 119 Å². The average molecular weight is 815 g/mol. The molecule has 0 aliphatic heterocycles. The van der Waals surface area contributed by atoms with E-state index in [9.17, 15) is 0 Å². The van der Waals surface area contributed by atoms with Gasteiger partial charge in [-0.2, -0.15) is 10.2 Å². The van der Waals surface area contributed by atoms with E-state index < -0.39 is 0 Å². The molecule has 0 saturated carbocycles. The third kappa shape index (κ3) is 7.76. The fraction of sp³-hybridized carbons (Fsp3) is 0.500. The molecule has 0 aliphatic carbocycles. The highest BCUT2D eigenvalue weighted by molar-refractivity contribution is 9.11. The lowest BCUT2D eigenvalue weighted by molar-refractivity contribution is 0.533. The number of hydrogen-bond acceptors (Lipinski definition) is 8. The summed E-state index contributed by atoms with van der Waals surface area (Å²) in [5.74, 6) is 1.06. The first-order valence-corrected chi connectivity index (χ1v) is 20.3. The lowest BCUT2D eigenvalue weighted by Crippen LogP contribution is -2.08. The Morgan fingerprint density at radius 2 is 1.17 bits per heavy atom. The summed E-state index contributed by atoms with van der Waals surface area (Å²) in [6, 6.07) is 4.42. The fourth-order valence-corrected chi connectivity index (χ4v) is 9.85. The van der Waals surface area contributed by atoms with Crippen LogP contribution in [0.5, 0.6) is 0 Å². The Bertz CT molecular complexity index is 1960. The predicted molar refractivity (Wildman–Crippen MR) is 208 cm³/mol. The summed E-state index contributed by atoms with van der Waals surface area (Å²) in [4.78, 5) is 20.5. The summed E-state index contributed by atoms with van der Waals surface area (Å²) in [5, 5.41) is 9.69. The van der Waals surface area contributed by atoms with E-state index in [0.717, 1.165) is 63.5 Å². The van der Waals surface area contributed by atoms with Gasteiger partial charge in [-0.15, -0.1) is 22.7 Å². The summed E-state index contributed by atoms with van der Waals surface area (Å²) < 4.78 is 5.84. The average Bonchev–Trinajstić information content (AvgIpc) is 3.82. The molecule has 0 amide bonds. The fourth-order valence-electron chi connectivity index (χ4n) is 6.73. The van der Waals surface area contributed by atoms with Gasteiger partial charge in [0, 0.05) is 40.8 Å². The van der Waals surface area contributed by atoms with Gasteiger partial charge in [-0.05, 0) is 97.4 Å². The molecule has 8 nitrogen and oxygen atoms in total. The Kier molecular flexibility index (Phi) is 12.6. The molecule has 12 heteroatoms. The molecule has 0 aromatic carbocycles. The largest absolute Gasteiger partial charge is 0.252 e. The van der Waals surface area contributed by atoms with Crippen LogP contribution in [0.15, 0.2) is 32.4 Å². The maximum absolute atomic E-state index is 4.86. The van der Waals surface area contributed by atoms with Gasteiger partial charge in [-0.1, -0.05) is 53.4 Å². The molecule has 6 aromatic rings. The zero-order chi connectivity index (χ0) is 34.5. The van der Waals surface area contributed by atoms with Gasteiger partial charge in [-0.3, -0.25) is 4.98 Å². The van der Waals surface area contributed by atoms with Crippen molar-refractivity contribution in [2.75, 3.05) is 0 Å². The highest BCUT2D eigenvalue weighted by atomic mass is 79.9. The molecule has 0 saturated heterocycles. The number of aromatic nitrogens is 8. The number of halogens is 2. The SMILES string of the molecule is CCCC(CCC)c1cc(C)nc2c(-c3cncs3)c(C)nn12.CCCC(CCC)c1cc(C)nc2c(-c3sc(Br)nc3Br)c(C)nn12. The van der Waals surface area contributed by atoms with Gasteiger partial charge in [0.2, 0.25) is 0 Å². The minimum Gasteiger partial charge on any atom is -0.252 e. The van der Waals surface area contributed by atoms with Crippen molar-refractivity contribution in [1.29, 1.82) is 0 Å². The van der Waals surface area contributed by atoms with Crippen LogP contribution in [0.2, 0.25) is 0 Å². The van der Waals surface area contributed by atoms with Crippen LogP contribution in [0, 0.1) is 27.7 Å². The standard InChI is InChI=1S/C18H22Br2N4S.C18H24N4S/c1-5-7-12(8-6-2)13-9-10(3)21-17-14(11(4)23-24(13)17)15-16(19)22-18(20)25-15;1-5-7-14(8-6-2)15-9-12(3)20-18-17(13(4)21-22(15)18)16-10-19-11-23-16/h9,12H,5-8H2,1-4H3;9-11,14H,5-8H2,1-4H3.